The van der Waals surface area contributed by atoms with Gasteiger partial charge in [-0.3, -0.25) is 4.79 Å². The first-order chi connectivity index (χ1) is 18.6. The first kappa shape index (κ1) is 26.6. The van der Waals surface area contributed by atoms with Gasteiger partial charge in [-0.2, -0.15) is 4.98 Å². The molecule has 0 radical (unpaired) electrons. The summed E-state index contributed by atoms with van der Waals surface area (Å²) in [4.78, 5) is 18.0. The van der Waals surface area contributed by atoms with Crippen molar-refractivity contribution in [3.63, 3.8) is 0 Å². The van der Waals surface area contributed by atoms with E-state index in [-0.39, 0.29) is 11.8 Å². The van der Waals surface area contributed by atoms with Crippen LogP contribution in [-0.4, -0.2) is 34.3 Å². The van der Waals surface area contributed by atoms with Crippen LogP contribution in [-0.2, 0) is 10.5 Å². The van der Waals surface area contributed by atoms with E-state index >= 15 is 0 Å². The highest BCUT2D eigenvalue weighted by molar-refractivity contribution is 7.98. The van der Waals surface area contributed by atoms with Crippen molar-refractivity contribution >= 4 is 35.1 Å². The molecule has 1 N–H and O–H groups in total. The lowest BCUT2D eigenvalue weighted by Crippen LogP contribution is -2.31. The molecule has 1 unspecified atom stereocenters. The molecule has 0 fully saturated rings. The summed E-state index contributed by atoms with van der Waals surface area (Å²) >= 11 is 7.87. The summed E-state index contributed by atoms with van der Waals surface area (Å²) in [6, 6.07) is 13.3. The molecule has 1 atom stereocenters. The Labute approximate surface area is 233 Å². The number of anilines is 1. The molecule has 0 saturated carbocycles. The summed E-state index contributed by atoms with van der Waals surface area (Å²) in [5.74, 6) is 2.79. The summed E-state index contributed by atoms with van der Waals surface area (Å²) in [7, 11) is 1.65. The van der Waals surface area contributed by atoms with Gasteiger partial charge in [0.05, 0.1) is 13.7 Å². The van der Waals surface area contributed by atoms with Crippen molar-refractivity contribution in [3.05, 3.63) is 69.9 Å². The zero-order chi connectivity index (χ0) is 26.5. The third kappa shape index (κ3) is 5.71. The zero-order valence-corrected chi connectivity index (χ0v) is 23.4. The number of thioether (sulfide) groups is 1. The predicted molar refractivity (Wildman–Crippen MR) is 151 cm³/mol. The van der Waals surface area contributed by atoms with E-state index in [0.29, 0.717) is 41.4 Å². The molecule has 2 aliphatic rings. The number of halogens is 1. The highest BCUT2D eigenvalue weighted by Gasteiger charge is 2.37. The van der Waals surface area contributed by atoms with Gasteiger partial charge in [0.2, 0.25) is 11.1 Å². The second kappa shape index (κ2) is 12.3. The molecule has 2 heterocycles. The number of ketones is 1. The lowest BCUT2D eigenvalue weighted by molar-refractivity contribution is -0.116. The van der Waals surface area contributed by atoms with Gasteiger partial charge in [-0.15, -0.1) is 5.10 Å². The zero-order valence-electron chi connectivity index (χ0n) is 21.8. The number of carbonyl (C=O) groups is 1. The number of unbranched alkanes of at least 4 members (excludes halogenated alkanes) is 3. The van der Waals surface area contributed by atoms with Gasteiger partial charge in [-0.1, -0.05) is 73.8 Å². The van der Waals surface area contributed by atoms with Crippen LogP contribution in [0.25, 0.3) is 0 Å². The lowest BCUT2D eigenvalue weighted by atomic mass is 9.85. The number of ether oxygens (including phenoxy) is 2. The molecule has 1 aromatic heterocycles. The van der Waals surface area contributed by atoms with E-state index in [1.165, 1.54) is 24.6 Å². The van der Waals surface area contributed by atoms with E-state index in [2.05, 4.69) is 12.2 Å². The van der Waals surface area contributed by atoms with Crippen LogP contribution in [0.15, 0.2) is 58.9 Å². The van der Waals surface area contributed by atoms with Crippen LogP contribution in [0.5, 0.6) is 11.5 Å². The number of aromatic nitrogens is 3. The lowest BCUT2D eigenvalue weighted by Gasteiger charge is -2.32. The Morgan fingerprint density at radius 1 is 1.13 bits per heavy atom. The highest BCUT2D eigenvalue weighted by Crippen LogP contribution is 2.42. The van der Waals surface area contributed by atoms with Gasteiger partial charge >= 0.3 is 0 Å². The summed E-state index contributed by atoms with van der Waals surface area (Å²) in [5.41, 5.74) is 3.63. The molecule has 1 aliphatic heterocycles. The number of fused-ring (bicyclic) bond motifs is 1. The number of rotatable bonds is 11. The molecular formula is C29H33ClN4O3S. The van der Waals surface area contributed by atoms with Gasteiger partial charge in [-0.05, 0) is 48.6 Å². The molecule has 1 aliphatic carbocycles. The van der Waals surface area contributed by atoms with Crippen molar-refractivity contribution in [2.75, 3.05) is 19.0 Å². The molecule has 7 nitrogen and oxygen atoms in total. The number of nitrogens with one attached hydrogen (secondary N) is 1. The fourth-order valence-electron chi connectivity index (χ4n) is 4.95. The van der Waals surface area contributed by atoms with Gasteiger partial charge in [0.15, 0.2) is 17.3 Å². The second-order valence-corrected chi connectivity index (χ2v) is 10.9. The van der Waals surface area contributed by atoms with E-state index in [1.54, 1.807) is 7.11 Å². The van der Waals surface area contributed by atoms with Crippen molar-refractivity contribution in [3.8, 4) is 11.5 Å². The smallest absolute Gasteiger partial charge is 0.227 e. The Hall–Kier alpha value is -2.97. The Morgan fingerprint density at radius 3 is 2.82 bits per heavy atom. The van der Waals surface area contributed by atoms with Crippen LogP contribution >= 0.6 is 23.4 Å². The summed E-state index contributed by atoms with van der Waals surface area (Å²) < 4.78 is 13.6. The average Bonchev–Trinajstić information content (AvgIpc) is 3.34. The summed E-state index contributed by atoms with van der Waals surface area (Å²) in [6.45, 7) is 2.85. The van der Waals surface area contributed by atoms with Gasteiger partial charge < -0.3 is 14.8 Å². The second-order valence-electron chi connectivity index (χ2n) is 9.56. The SMILES string of the molecule is CCCCCCOc1ccc(C2C3=C(CCCC3=O)Nc3nc(SCc4ccccc4Cl)nn32)cc1OC. The number of Topliss-reactive ketones (excluding diaryl/α,β-unsaturated/α-hetero) is 1. The molecule has 0 saturated heterocycles. The maximum atomic E-state index is 13.2. The van der Waals surface area contributed by atoms with Crippen LogP contribution in [0, 0.1) is 0 Å². The van der Waals surface area contributed by atoms with E-state index in [9.17, 15) is 4.79 Å². The molecule has 200 valence electrons. The molecule has 38 heavy (non-hydrogen) atoms. The third-order valence-electron chi connectivity index (χ3n) is 6.92. The molecule has 9 heteroatoms. The van der Waals surface area contributed by atoms with Crippen molar-refractivity contribution in [2.45, 2.75) is 68.8 Å². The average molecular weight is 553 g/mol. The minimum absolute atomic E-state index is 0.144. The molecule has 0 spiro atoms. The monoisotopic (exact) mass is 552 g/mol. The largest absolute Gasteiger partial charge is 0.493 e. The molecule has 0 amide bonds. The number of methoxy groups -OCH3 is 1. The molecule has 2 aromatic carbocycles. The predicted octanol–water partition coefficient (Wildman–Crippen LogP) is 7.21. The Morgan fingerprint density at radius 2 is 2.00 bits per heavy atom. The maximum Gasteiger partial charge on any atom is 0.227 e. The number of benzene rings is 2. The van der Waals surface area contributed by atoms with Crippen molar-refractivity contribution in [1.29, 1.82) is 0 Å². The molecule has 5 rings (SSSR count). The highest BCUT2D eigenvalue weighted by atomic mass is 35.5. The first-order valence-electron chi connectivity index (χ1n) is 13.3. The Bertz CT molecular complexity index is 1340. The fourth-order valence-corrected chi connectivity index (χ4v) is 6.06. The standard InChI is InChI=1S/C29H33ClN4O3S/c1-3-4-5-8-16-37-24-15-14-19(17-25(24)36-2)27-26-22(12-9-13-23(26)35)31-28-32-29(33-34(27)28)38-18-20-10-6-7-11-21(20)30/h6-7,10-11,14-15,17,27H,3-5,8-9,12-13,16,18H2,1-2H3,(H,31,32,33). The van der Waals surface area contributed by atoms with Crippen LogP contribution in [0.1, 0.15) is 69.0 Å². The van der Waals surface area contributed by atoms with Crippen molar-refractivity contribution < 1.29 is 14.3 Å². The number of hydrogen-bond donors (Lipinski definition) is 1. The topological polar surface area (TPSA) is 78.3 Å². The Balaban J connectivity index is 1.44. The van der Waals surface area contributed by atoms with Gasteiger partial charge in [0, 0.05) is 28.5 Å². The van der Waals surface area contributed by atoms with E-state index in [1.807, 2.05) is 47.1 Å². The molecule has 0 bridgehead atoms. The van der Waals surface area contributed by atoms with Crippen LogP contribution in [0.2, 0.25) is 5.02 Å². The maximum absolute atomic E-state index is 13.2. The number of carbonyl (C=O) groups excluding carboxylic acids is 1. The number of nitrogens with zero attached hydrogens (tertiary/aromatic N) is 3. The quantitative estimate of drug-likeness (QED) is 0.199. The minimum Gasteiger partial charge on any atom is -0.493 e. The van der Waals surface area contributed by atoms with E-state index in [0.717, 1.165) is 53.1 Å². The van der Waals surface area contributed by atoms with Crippen LogP contribution in [0.3, 0.4) is 0 Å². The fraction of sp³-hybridized carbons (Fsp3) is 0.414. The summed E-state index contributed by atoms with van der Waals surface area (Å²) in [5, 5.41) is 9.59. The van der Waals surface area contributed by atoms with Gasteiger partial charge in [0.25, 0.3) is 0 Å². The Kier molecular flexibility index (Phi) is 8.59. The van der Waals surface area contributed by atoms with Gasteiger partial charge in [-0.25, -0.2) is 4.68 Å². The minimum atomic E-state index is -0.385. The van der Waals surface area contributed by atoms with Gasteiger partial charge in [0.1, 0.15) is 6.04 Å². The van der Waals surface area contributed by atoms with Crippen LogP contribution < -0.4 is 14.8 Å². The van der Waals surface area contributed by atoms with Crippen LogP contribution in [0.4, 0.5) is 5.95 Å². The first-order valence-corrected chi connectivity index (χ1v) is 14.6. The number of hydrogen-bond acceptors (Lipinski definition) is 7. The van der Waals surface area contributed by atoms with Crippen molar-refractivity contribution in [1.82, 2.24) is 14.8 Å². The van der Waals surface area contributed by atoms with E-state index in [4.69, 9.17) is 31.2 Å². The molecular weight excluding hydrogens is 520 g/mol. The normalized spacial score (nSPS) is 16.6. The number of allylic oxidation sites excluding steroid dienone is 2. The summed E-state index contributed by atoms with van der Waals surface area (Å²) in [6.07, 6.45) is 6.72. The molecule has 3 aromatic rings. The third-order valence-corrected chi connectivity index (χ3v) is 8.18. The van der Waals surface area contributed by atoms with E-state index < -0.39 is 0 Å². The van der Waals surface area contributed by atoms with Crippen molar-refractivity contribution in [2.24, 2.45) is 0 Å².